The number of aldehydes is 1. The topological polar surface area (TPSA) is 50.5 Å². The SMILES string of the molecule is O=Cc1cnc2ccc(N3C[C@@H](F)C[C@@H]3c3cc(F)ccc3F)nn12. The number of anilines is 1. The summed E-state index contributed by atoms with van der Waals surface area (Å²) in [6.07, 6.45) is 0.830. The number of carbonyl (C=O) groups is 1. The Kier molecular flexibility index (Phi) is 3.67. The number of alkyl halides is 1. The summed E-state index contributed by atoms with van der Waals surface area (Å²) < 4.78 is 43.1. The van der Waals surface area contributed by atoms with E-state index in [1.165, 1.54) is 10.7 Å². The van der Waals surface area contributed by atoms with E-state index < -0.39 is 23.8 Å². The average Bonchev–Trinajstić information content (AvgIpc) is 3.19. The van der Waals surface area contributed by atoms with Crippen LogP contribution in [0.2, 0.25) is 0 Å². The summed E-state index contributed by atoms with van der Waals surface area (Å²) in [7, 11) is 0. The molecule has 3 heterocycles. The molecule has 0 unspecified atom stereocenters. The molecule has 25 heavy (non-hydrogen) atoms. The summed E-state index contributed by atoms with van der Waals surface area (Å²) >= 11 is 0. The number of aromatic nitrogens is 3. The highest BCUT2D eigenvalue weighted by Gasteiger charge is 2.36. The molecule has 0 bridgehead atoms. The Hall–Kier alpha value is -2.90. The second-order valence-electron chi connectivity index (χ2n) is 5.93. The number of fused-ring (bicyclic) bond motifs is 1. The summed E-state index contributed by atoms with van der Waals surface area (Å²) in [6.45, 7) is 0.00421. The smallest absolute Gasteiger partial charge is 0.170 e. The van der Waals surface area contributed by atoms with Gasteiger partial charge in [0.1, 0.15) is 29.3 Å². The van der Waals surface area contributed by atoms with Crippen LogP contribution in [0.3, 0.4) is 0 Å². The highest BCUT2D eigenvalue weighted by atomic mass is 19.1. The third-order valence-corrected chi connectivity index (χ3v) is 4.36. The number of imidazole rings is 1. The highest BCUT2D eigenvalue weighted by molar-refractivity contribution is 5.73. The molecule has 0 N–H and O–H groups in total. The van der Waals surface area contributed by atoms with Gasteiger partial charge in [0.2, 0.25) is 0 Å². The number of hydrogen-bond acceptors (Lipinski definition) is 4. The Morgan fingerprint density at radius 1 is 1.20 bits per heavy atom. The first-order chi connectivity index (χ1) is 12.1. The van der Waals surface area contributed by atoms with Gasteiger partial charge in [-0.2, -0.15) is 0 Å². The lowest BCUT2D eigenvalue weighted by molar-refractivity contribution is 0.111. The maximum atomic E-state index is 14.2. The Morgan fingerprint density at radius 3 is 2.84 bits per heavy atom. The quantitative estimate of drug-likeness (QED) is 0.684. The molecule has 0 aliphatic carbocycles. The molecule has 4 rings (SSSR count). The summed E-state index contributed by atoms with van der Waals surface area (Å²) in [4.78, 5) is 16.7. The van der Waals surface area contributed by atoms with E-state index in [0.29, 0.717) is 17.8 Å². The van der Waals surface area contributed by atoms with Crippen molar-refractivity contribution in [3.05, 3.63) is 59.4 Å². The summed E-state index contributed by atoms with van der Waals surface area (Å²) in [6, 6.07) is 5.72. The van der Waals surface area contributed by atoms with Crippen molar-refractivity contribution in [2.45, 2.75) is 18.6 Å². The van der Waals surface area contributed by atoms with Crippen molar-refractivity contribution < 1.29 is 18.0 Å². The third-order valence-electron chi connectivity index (χ3n) is 4.36. The predicted octanol–water partition coefficient (Wildman–Crippen LogP) is 3.11. The molecule has 128 valence electrons. The van der Waals surface area contributed by atoms with E-state index in [2.05, 4.69) is 10.1 Å². The molecule has 8 heteroatoms. The lowest BCUT2D eigenvalue weighted by Crippen LogP contribution is -2.26. The van der Waals surface area contributed by atoms with Crippen molar-refractivity contribution in [3.63, 3.8) is 0 Å². The second kappa shape index (κ2) is 5.87. The molecule has 1 saturated heterocycles. The van der Waals surface area contributed by atoms with Gasteiger partial charge in [-0.3, -0.25) is 4.79 Å². The van der Waals surface area contributed by atoms with Crippen LogP contribution < -0.4 is 4.90 Å². The molecule has 1 fully saturated rings. The molecule has 0 spiro atoms. The van der Waals surface area contributed by atoms with E-state index in [1.807, 2.05) is 0 Å². The zero-order chi connectivity index (χ0) is 17.6. The Bertz CT molecular complexity index is 958. The van der Waals surface area contributed by atoms with Crippen LogP contribution in [0.1, 0.15) is 28.5 Å². The number of rotatable bonds is 3. The van der Waals surface area contributed by atoms with Crippen molar-refractivity contribution in [1.29, 1.82) is 0 Å². The summed E-state index contributed by atoms with van der Waals surface area (Å²) in [5, 5.41) is 4.32. The van der Waals surface area contributed by atoms with Crippen LogP contribution in [-0.4, -0.2) is 33.6 Å². The first kappa shape index (κ1) is 15.6. The molecular formula is C17H13F3N4O. The van der Waals surface area contributed by atoms with Gasteiger partial charge in [-0.05, 0) is 30.3 Å². The van der Waals surface area contributed by atoms with Gasteiger partial charge in [0.05, 0.1) is 18.8 Å². The molecule has 2 aromatic heterocycles. The van der Waals surface area contributed by atoms with Crippen LogP contribution in [-0.2, 0) is 0 Å². The fourth-order valence-corrected chi connectivity index (χ4v) is 3.22. The van der Waals surface area contributed by atoms with E-state index in [1.54, 1.807) is 17.0 Å². The molecule has 1 aliphatic heterocycles. The van der Waals surface area contributed by atoms with Gasteiger partial charge in [-0.25, -0.2) is 22.7 Å². The zero-order valence-electron chi connectivity index (χ0n) is 12.9. The Balaban J connectivity index is 1.79. The Morgan fingerprint density at radius 2 is 2.04 bits per heavy atom. The molecule has 1 aliphatic rings. The van der Waals surface area contributed by atoms with Crippen LogP contribution in [0.15, 0.2) is 36.5 Å². The van der Waals surface area contributed by atoms with Crippen LogP contribution in [0.4, 0.5) is 19.0 Å². The first-order valence-electron chi connectivity index (χ1n) is 7.72. The lowest BCUT2D eigenvalue weighted by atomic mass is 10.0. The van der Waals surface area contributed by atoms with E-state index in [0.717, 1.165) is 18.2 Å². The van der Waals surface area contributed by atoms with Crippen LogP contribution >= 0.6 is 0 Å². The standard InChI is InChI=1S/C17H13F3N4O/c18-10-1-2-14(20)13(5-10)15-6-11(19)8-23(15)17-4-3-16-21-7-12(9-25)24(16)22-17/h1-5,7,9,11,15H,6,8H2/t11-,15+/m0/s1. The van der Waals surface area contributed by atoms with Gasteiger partial charge in [0, 0.05) is 12.0 Å². The number of halogens is 3. The third kappa shape index (κ3) is 2.63. The minimum Gasteiger partial charge on any atom is -0.345 e. The molecule has 1 aromatic carbocycles. The highest BCUT2D eigenvalue weighted by Crippen LogP contribution is 2.37. The number of hydrogen-bond donors (Lipinski definition) is 0. The maximum absolute atomic E-state index is 14.2. The number of benzene rings is 1. The normalized spacial score (nSPS) is 20.4. The molecule has 0 radical (unpaired) electrons. The van der Waals surface area contributed by atoms with E-state index >= 15 is 0 Å². The molecule has 5 nitrogen and oxygen atoms in total. The Labute approximate surface area is 140 Å². The monoisotopic (exact) mass is 346 g/mol. The van der Waals surface area contributed by atoms with Crippen molar-refractivity contribution in [2.75, 3.05) is 11.4 Å². The van der Waals surface area contributed by atoms with Gasteiger partial charge in [0.15, 0.2) is 11.9 Å². The van der Waals surface area contributed by atoms with Gasteiger partial charge in [0.25, 0.3) is 0 Å². The van der Waals surface area contributed by atoms with Crippen molar-refractivity contribution in [1.82, 2.24) is 14.6 Å². The summed E-state index contributed by atoms with van der Waals surface area (Å²) in [5.41, 5.74) is 0.806. The number of carbonyl (C=O) groups excluding carboxylic acids is 1. The van der Waals surface area contributed by atoms with E-state index in [-0.39, 0.29) is 24.2 Å². The maximum Gasteiger partial charge on any atom is 0.170 e. The summed E-state index contributed by atoms with van der Waals surface area (Å²) in [5.74, 6) is -0.815. The van der Waals surface area contributed by atoms with Crippen molar-refractivity contribution in [2.24, 2.45) is 0 Å². The minimum absolute atomic E-state index is 0.00421. The zero-order valence-corrected chi connectivity index (χ0v) is 12.9. The fraction of sp³-hybridized carbons (Fsp3) is 0.235. The fourth-order valence-electron chi connectivity index (χ4n) is 3.22. The van der Waals surface area contributed by atoms with Gasteiger partial charge >= 0.3 is 0 Å². The lowest BCUT2D eigenvalue weighted by Gasteiger charge is -2.26. The second-order valence-corrected chi connectivity index (χ2v) is 5.93. The van der Waals surface area contributed by atoms with Gasteiger partial charge in [-0.1, -0.05) is 0 Å². The molecular weight excluding hydrogens is 333 g/mol. The van der Waals surface area contributed by atoms with E-state index in [4.69, 9.17) is 0 Å². The van der Waals surface area contributed by atoms with Crippen molar-refractivity contribution in [3.8, 4) is 0 Å². The van der Waals surface area contributed by atoms with Crippen molar-refractivity contribution >= 4 is 17.8 Å². The van der Waals surface area contributed by atoms with Crippen LogP contribution in [0.5, 0.6) is 0 Å². The van der Waals surface area contributed by atoms with Crippen LogP contribution in [0, 0.1) is 11.6 Å². The average molecular weight is 346 g/mol. The largest absolute Gasteiger partial charge is 0.345 e. The molecule has 3 aromatic rings. The molecule has 0 saturated carbocycles. The van der Waals surface area contributed by atoms with Crippen LogP contribution in [0.25, 0.3) is 5.65 Å². The van der Waals surface area contributed by atoms with Gasteiger partial charge in [-0.15, -0.1) is 5.10 Å². The molecule has 0 amide bonds. The van der Waals surface area contributed by atoms with Gasteiger partial charge < -0.3 is 4.90 Å². The van der Waals surface area contributed by atoms with E-state index in [9.17, 15) is 18.0 Å². The molecule has 2 atom stereocenters. The predicted molar refractivity (Wildman–Crippen MR) is 84.3 cm³/mol. The minimum atomic E-state index is -1.20. The number of nitrogens with zero attached hydrogens (tertiary/aromatic N) is 4. The first-order valence-corrected chi connectivity index (χ1v) is 7.72.